The van der Waals surface area contributed by atoms with Crippen molar-refractivity contribution in [3.8, 4) is 0 Å². The fraction of sp³-hybridized carbons (Fsp3) is 0.294. The molecular formula is C17H20N2O. The van der Waals surface area contributed by atoms with E-state index in [1.165, 1.54) is 11.1 Å². The molecule has 2 aromatic rings. The molecule has 104 valence electrons. The molecule has 0 atom stereocenters. The van der Waals surface area contributed by atoms with E-state index in [1.54, 1.807) is 6.20 Å². The van der Waals surface area contributed by atoms with E-state index < -0.39 is 0 Å². The second kappa shape index (κ2) is 6.85. The number of rotatable bonds is 5. The lowest BCUT2D eigenvalue weighted by Gasteiger charge is -2.07. The Bertz CT molecular complexity index is 576. The minimum atomic E-state index is 0.00590. The Morgan fingerprint density at radius 3 is 2.50 bits per heavy atom. The lowest BCUT2D eigenvalue weighted by molar-refractivity contribution is -0.116. The van der Waals surface area contributed by atoms with Gasteiger partial charge >= 0.3 is 0 Å². The van der Waals surface area contributed by atoms with Gasteiger partial charge in [0.05, 0.1) is 0 Å². The second-order valence-electron chi connectivity index (χ2n) is 4.89. The van der Waals surface area contributed by atoms with Crippen LogP contribution in [0, 0.1) is 6.92 Å². The molecule has 3 heteroatoms. The molecule has 0 unspecified atom stereocenters. The Hall–Kier alpha value is -2.16. The molecule has 1 heterocycles. The van der Waals surface area contributed by atoms with Crippen LogP contribution in [0.5, 0.6) is 0 Å². The number of benzene rings is 1. The van der Waals surface area contributed by atoms with Crippen molar-refractivity contribution < 1.29 is 4.79 Å². The van der Waals surface area contributed by atoms with Crippen LogP contribution in [0.2, 0.25) is 0 Å². The van der Waals surface area contributed by atoms with Gasteiger partial charge in [-0.25, -0.2) is 4.98 Å². The van der Waals surface area contributed by atoms with Crippen LogP contribution in [0.1, 0.15) is 30.0 Å². The van der Waals surface area contributed by atoms with E-state index in [1.807, 2.05) is 19.1 Å². The molecule has 0 spiro atoms. The summed E-state index contributed by atoms with van der Waals surface area (Å²) in [6.07, 6.45) is 3.95. The number of hydrogen-bond acceptors (Lipinski definition) is 2. The molecule has 1 aromatic heterocycles. The smallest absolute Gasteiger partial charge is 0.225 e. The Labute approximate surface area is 120 Å². The monoisotopic (exact) mass is 268 g/mol. The first-order chi connectivity index (χ1) is 9.69. The second-order valence-corrected chi connectivity index (χ2v) is 4.89. The third-order valence-corrected chi connectivity index (χ3v) is 3.34. The maximum absolute atomic E-state index is 11.9. The largest absolute Gasteiger partial charge is 0.310 e. The van der Waals surface area contributed by atoms with E-state index in [-0.39, 0.29) is 5.91 Å². The SMILES string of the molecule is CCc1ccc(CCC(=O)Nc2ncccc2C)cc1. The van der Waals surface area contributed by atoms with Crippen molar-refractivity contribution in [3.63, 3.8) is 0 Å². The van der Waals surface area contributed by atoms with Gasteiger partial charge in [-0.2, -0.15) is 0 Å². The lowest BCUT2D eigenvalue weighted by Crippen LogP contribution is -2.14. The van der Waals surface area contributed by atoms with Crippen LogP contribution in [-0.4, -0.2) is 10.9 Å². The van der Waals surface area contributed by atoms with E-state index in [4.69, 9.17) is 0 Å². The van der Waals surface area contributed by atoms with Crippen molar-refractivity contribution in [3.05, 3.63) is 59.3 Å². The van der Waals surface area contributed by atoms with Gasteiger partial charge in [-0.15, -0.1) is 0 Å². The van der Waals surface area contributed by atoms with E-state index >= 15 is 0 Å². The van der Waals surface area contributed by atoms with Gasteiger partial charge in [-0.1, -0.05) is 37.3 Å². The quantitative estimate of drug-likeness (QED) is 0.901. The number of aromatic nitrogens is 1. The molecule has 0 aliphatic carbocycles. The summed E-state index contributed by atoms with van der Waals surface area (Å²) < 4.78 is 0. The highest BCUT2D eigenvalue weighted by molar-refractivity contribution is 5.90. The van der Waals surface area contributed by atoms with Gasteiger partial charge in [0, 0.05) is 12.6 Å². The van der Waals surface area contributed by atoms with Crippen LogP contribution in [0.4, 0.5) is 5.82 Å². The zero-order valence-corrected chi connectivity index (χ0v) is 12.0. The van der Waals surface area contributed by atoms with E-state index in [0.29, 0.717) is 12.2 Å². The summed E-state index contributed by atoms with van der Waals surface area (Å²) in [4.78, 5) is 16.1. The summed E-state index contributed by atoms with van der Waals surface area (Å²) in [5, 5.41) is 2.85. The minimum absolute atomic E-state index is 0.00590. The van der Waals surface area contributed by atoms with E-state index in [2.05, 4.69) is 41.5 Å². The van der Waals surface area contributed by atoms with Crippen molar-refractivity contribution in [2.75, 3.05) is 5.32 Å². The highest BCUT2D eigenvalue weighted by atomic mass is 16.1. The van der Waals surface area contributed by atoms with Crippen molar-refractivity contribution in [1.82, 2.24) is 4.98 Å². The average Bonchev–Trinajstić information content (AvgIpc) is 2.48. The topological polar surface area (TPSA) is 42.0 Å². The summed E-state index contributed by atoms with van der Waals surface area (Å²) in [6, 6.07) is 12.2. The molecule has 1 N–H and O–H groups in total. The number of anilines is 1. The Balaban J connectivity index is 1.87. The van der Waals surface area contributed by atoms with Crippen molar-refractivity contribution >= 4 is 11.7 Å². The molecule has 0 saturated carbocycles. The normalized spacial score (nSPS) is 10.3. The Kier molecular flexibility index (Phi) is 4.88. The fourth-order valence-electron chi connectivity index (χ4n) is 2.01. The molecular weight excluding hydrogens is 248 g/mol. The Morgan fingerprint density at radius 2 is 1.85 bits per heavy atom. The molecule has 1 aromatic carbocycles. The summed E-state index contributed by atoms with van der Waals surface area (Å²) in [5.74, 6) is 0.658. The molecule has 0 bridgehead atoms. The molecule has 2 rings (SSSR count). The molecule has 20 heavy (non-hydrogen) atoms. The summed E-state index contributed by atoms with van der Waals surface area (Å²) in [6.45, 7) is 4.07. The summed E-state index contributed by atoms with van der Waals surface area (Å²) >= 11 is 0. The summed E-state index contributed by atoms with van der Waals surface area (Å²) in [5.41, 5.74) is 3.49. The van der Waals surface area contributed by atoms with Crippen molar-refractivity contribution in [1.29, 1.82) is 0 Å². The average molecular weight is 268 g/mol. The zero-order valence-electron chi connectivity index (χ0n) is 12.0. The van der Waals surface area contributed by atoms with Gasteiger partial charge in [-0.05, 0) is 42.5 Å². The molecule has 0 aliphatic heterocycles. The first-order valence-electron chi connectivity index (χ1n) is 6.98. The highest BCUT2D eigenvalue weighted by Gasteiger charge is 2.05. The first kappa shape index (κ1) is 14.3. The molecule has 3 nitrogen and oxygen atoms in total. The van der Waals surface area contributed by atoms with Gasteiger partial charge in [-0.3, -0.25) is 4.79 Å². The van der Waals surface area contributed by atoms with Crippen LogP contribution >= 0.6 is 0 Å². The van der Waals surface area contributed by atoms with Gasteiger partial charge in [0.25, 0.3) is 0 Å². The predicted molar refractivity (Wildman–Crippen MR) is 81.7 cm³/mol. The zero-order chi connectivity index (χ0) is 14.4. The van der Waals surface area contributed by atoms with Gasteiger partial charge in [0.2, 0.25) is 5.91 Å². The molecule has 1 amide bonds. The number of hydrogen-bond donors (Lipinski definition) is 1. The molecule has 0 aliphatic rings. The summed E-state index contributed by atoms with van der Waals surface area (Å²) in [7, 11) is 0. The molecule has 0 saturated heterocycles. The third kappa shape index (κ3) is 3.92. The number of carbonyl (C=O) groups excluding carboxylic acids is 1. The number of carbonyl (C=O) groups is 1. The minimum Gasteiger partial charge on any atom is -0.310 e. The van der Waals surface area contributed by atoms with Gasteiger partial charge in [0.1, 0.15) is 5.82 Å². The van der Waals surface area contributed by atoms with Gasteiger partial charge in [0.15, 0.2) is 0 Å². The predicted octanol–water partition coefficient (Wildman–Crippen LogP) is 3.52. The molecule has 0 radical (unpaired) electrons. The maximum atomic E-state index is 11.9. The number of amides is 1. The van der Waals surface area contributed by atoms with Crippen LogP contribution < -0.4 is 5.32 Å². The van der Waals surface area contributed by atoms with E-state index in [0.717, 1.165) is 18.4 Å². The molecule has 0 fully saturated rings. The fourth-order valence-corrected chi connectivity index (χ4v) is 2.01. The van der Waals surface area contributed by atoms with E-state index in [9.17, 15) is 4.79 Å². The first-order valence-corrected chi connectivity index (χ1v) is 6.98. The maximum Gasteiger partial charge on any atom is 0.225 e. The van der Waals surface area contributed by atoms with Crippen LogP contribution in [0.15, 0.2) is 42.6 Å². The lowest BCUT2D eigenvalue weighted by atomic mass is 10.1. The standard InChI is InChI=1S/C17H20N2O/c1-3-14-6-8-15(9-7-14)10-11-16(20)19-17-13(2)5-4-12-18-17/h4-9,12H,3,10-11H2,1-2H3,(H,18,19,20). The van der Waals surface area contributed by atoms with Crippen LogP contribution in [-0.2, 0) is 17.6 Å². The Morgan fingerprint density at radius 1 is 1.15 bits per heavy atom. The number of pyridine rings is 1. The van der Waals surface area contributed by atoms with Crippen LogP contribution in [0.3, 0.4) is 0 Å². The van der Waals surface area contributed by atoms with Gasteiger partial charge < -0.3 is 5.32 Å². The number of nitrogens with one attached hydrogen (secondary N) is 1. The number of nitrogens with zero attached hydrogens (tertiary/aromatic N) is 1. The van der Waals surface area contributed by atoms with Crippen molar-refractivity contribution in [2.24, 2.45) is 0 Å². The van der Waals surface area contributed by atoms with Crippen LogP contribution in [0.25, 0.3) is 0 Å². The highest BCUT2D eigenvalue weighted by Crippen LogP contribution is 2.11. The third-order valence-electron chi connectivity index (χ3n) is 3.34. The van der Waals surface area contributed by atoms with Crippen molar-refractivity contribution in [2.45, 2.75) is 33.1 Å². The number of aryl methyl sites for hydroxylation is 3.